The number of allylic oxidation sites excluding steroid dienone is 4. The second-order valence-electron chi connectivity index (χ2n) is 12.9. The number of ketones is 1. The number of aliphatic hydroxyl groups is 2. The van der Waals surface area contributed by atoms with Crippen molar-refractivity contribution in [3.63, 3.8) is 0 Å². The van der Waals surface area contributed by atoms with Gasteiger partial charge in [0, 0.05) is 19.3 Å². The first-order valence-electron chi connectivity index (χ1n) is 14.6. The van der Waals surface area contributed by atoms with Crippen LogP contribution in [-0.4, -0.2) is 58.4 Å². The SMILES string of the molecule is CC1=C[C@H]2C(=O)C[C@H]3C[C@@H](C/C=C(/C)C[C@@H](C)/C=C/C=C4\CO[C@H]([C@@H]1O)[C@@]42O)O[C@@]1(CC[C@H](C)[C@@H](C)O1)C3. The van der Waals surface area contributed by atoms with Crippen molar-refractivity contribution in [2.24, 2.45) is 23.7 Å². The van der Waals surface area contributed by atoms with E-state index in [1.165, 1.54) is 5.57 Å². The number of aliphatic hydroxyl groups excluding tert-OH is 1. The van der Waals surface area contributed by atoms with E-state index < -0.39 is 29.5 Å². The van der Waals surface area contributed by atoms with E-state index in [2.05, 4.69) is 39.8 Å². The Bertz CT molecular complexity index is 1040. The van der Waals surface area contributed by atoms with Crippen molar-refractivity contribution in [3.8, 4) is 0 Å². The van der Waals surface area contributed by atoms with Gasteiger partial charge in [-0.2, -0.15) is 0 Å². The molecule has 0 saturated carbocycles. The van der Waals surface area contributed by atoms with Gasteiger partial charge in [0.05, 0.1) is 24.7 Å². The van der Waals surface area contributed by atoms with E-state index in [4.69, 9.17) is 14.2 Å². The van der Waals surface area contributed by atoms with Crippen LogP contribution in [0.2, 0.25) is 0 Å². The Morgan fingerprint density at radius 3 is 2.66 bits per heavy atom. The summed E-state index contributed by atoms with van der Waals surface area (Å²) in [4.78, 5) is 14.0. The molecule has 0 amide bonds. The molecule has 2 N–H and O–H groups in total. The van der Waals surface area contributed by atoms with Gasteiger partial charge in [0.2, 0.25) is 0 Å². The van der Waals surface area contributed by atoms with Crippen LogP contribution in [0.3, 0.4) is 0 Å². The zero-order valence-corrected chi connectivity index (χ0v) is 23.7. The summed E-state index contributed by atoms with van der Waals surface area (Å²) in [6.07, 6.45) is 13.8. The predicted molar refractivity (Wildman–Crippen MR) is 146 cm³/mol. The van der Waals surface area contributed by atoms with Crippen molar-refractivity contribution in [1.82, 2.24) is 0 Å². The monoisotopic (exact) mass is 526 g/mol. The lowest BCUT2D eigenvalue weighted by Gasteiger charge is -2.49. The van der Waals surface area contributed by atoms with Gasteiger partial charge in [0.15, 0.2) is 5.79 Å². The highest BCUT2D eigenvalue weighted by molar-refractivity contribution is 5.86. The minimum Gasteiger partial charge on any atom is -0.386 e. The maximum Gasteiger partial charge on any atom is 0.169 e. The number of hydrogen-bond donors (Lipinski definition) is 2. The lowest BCUT2D eigenvalue weighted by Crippen LogP contribution is -2.57. The van der Waals surface area contributed by atoms with Crippen LogP contribution >= 0.6 is 0 Å². The maximum absolute atomic E-state index is 14.0. The highest BCUT2D eigenvalue weighted by atomic mass is 16.7. The number of ether oxygens (including phenoxy) is 3. The first kappa shape index (κ1) is 28.0. The minimum atomic E-state index is -1.55. The molecule has 10 atom stereocenters. The summed E-state index contributed by atoms with van der Waals surface area (Å²) in [5.74, 6) is -0.524. The number of carbonyl (C=O) groups excluding carboxylic acids is 1. The van der Waals surface area contributed by atoms with Gasteiger partial charge >= 0.3 is 0 Å². The first-order valence-corrected chi connectivity index (χ1v) is 14.6. The van der Waals surface area contributed by atoms with E-state index in [1.54, 1.807) is 6.08 Å². The number of rotatable bonds is 0. The Morgan fingerprint density at radius 1 is 1.11 bits per heavy atom. The van der Waals surface area contributed by atoms with E-state index >= 15 is 0 Å². The van der Waals surface area contributed by atoms with Gasteiger partial charge in [0.1, 0.15) is 23.6 Å². The van der Waals surface area contributed by atoms with Crippen molar-refractivity contribution in [2.75, 3.05) is 6.61 Å². The van der Waals surface area contributed by atoms with Crippen molar-refractivity contribution in [3.05, 3.63) is 47.1 Å². The Kier molecular flexibility index (Phi) is 7.93. The average Bonchev–Trinajstić information content (AvgIpc) is 3.19. The molecule has 0 unspecified atom stereocenters. The molecule has 0 aromatic rings. The van der Waals surface area contributed by atoms with Gasteiger partial charge in [0.25, 0.3) is 0 Å². The van der Waals surface area contributed by atoms with Crippen LogP contribution in [0.15, 0.2) is 47.1 Å². The van der Waals surface area contributed by atoms with Crippen molar-refractivity contribution in [2.45, 2.75) is 115 Å². The molecule has 5 rings (SSSR count). The van der Waals surface area contributed by atoms with Crippen LogP contribution in [0.1, 0.15) is 79.6 Å². The molecule has 2 aliphatic carbocycles. The molecular weight excluding hydrogens is 480 g/mol. The smallest absolute Gasteiger partial charge is 0.169 e. The zero-order valence-electron chi connectivity index (χ0n) is 23.7. The second-order valence-corrected chi connectivity index (χ2v) is 12.9. The summed E-state index contributed by atoms with van der Waals surface area (Å²) in [5.41, 5.74) is 1.11. The number of Topliss-reactive ketones (excluding diaryl/α,β-unsaturated/α-hetero) is 1. The van der Waals surface area contributed by atoms with Crippen LogP contribution in [0, 0.1) is 23.7 Å². The Labute approximate surface area is 227 Å². The van der Waals surface area contributed by atoms with Crippen molar-refractivity contribution in [1.29, 1.82) is 0 Å². The van der Waals surface area contributed by atoms with Gasteiger partial charge in [-0.25, -0.2) is 0 Å². The fraction of sp³-hybridized carbons (Fsp3) is 0.719. The quantitative estimate of drug-likeness (QED) is 0.422. The summed E-state index contributed by atoms with van der Waals surface area (Å²) in [6, 6.07) is 0. The van der Waals surface area contributed by atoms with Gasteiger partial charge in [-0.15, -0.1) is 0 Å². The van der Waals surface area contributed by atoms with Crippen LogP contribution in [-0.2, 0) is 19.0 Å². The van der Waals surface area contributed by atoms with Crippen LogP contribution in [0.25, 0.3) is 0 Å². The van der Waals surface area contributed by atoms with Crippen molar-refractivity contribution >= 4 is 5.78 Å². The van der Waals surface area contributed by atoms with E-state index in [1.807, 2.05) is 19.1 Å². The molecule has 0 aromatic carbocycles. The molecule has 210 valence electrons. The fourth-order valence-corrected chi connectivity index (χ4v) is 7.35. The van der Waals surface area contributed by atoms with E-state index in [0.29, 0.717) is 35.8 Å². The lowest BCUT2D eigenvalue weighted by atomic mass is 9.67. The van der Waals surface area contributed by atoms with E-state index in [9.17, 15) is 15.0 Å². The first-order chi connectivity index (χ1) is 18.0. The molecule has 0 aromatic heterocycles. The molecule has 3 fully saturated rings. The largest absolute Gasteiger partial charge is 0.386 e. The lowest BCUT2D eigenvalue weighted by molar-refractivity contribution is -0.327. The van der Waals surface area contributed by atoms with Crippen LogP contribution < -0.4 is 0 Å². The Morgan fingerprint density at radius 2 is 1.89 bits per heavy atom. The van der Waals surface area contributed by atoms with Crippen LogP contribution in [0.4, 0.5) is 0 Å². The normalized spacial score (nSPS) is 49.9. The average molecular weight is 527 g/mol. The number of hydrogen-bond acceptors (Lipinski definition) is 6. The summed E-state index contributed by atoms with van der Waals surface area (Å²) in [7, 11) is 0. The molecule has 3 aliphatic heterocycles. The molecule has 38 heavy (non-hydrogen) atoms. The predicted octanol–water partition coefficient (Wildman–Crippen LogP) is 5.20. The summed E-state index contributed by atoms with van der Waals surface area (Å²) in [5, 5.41) is 23.0. The standard InChI is InChI=1S/C32H46O6/c1-19-7-6-8-25-18-36-30-29(34)22(4)14-27(32(25,30)35)28(33)16-24-15-26(10-9-20(2)13-19)38-31(17-24)12-11-21(3)23(5)37-31/h6-9,14,19,21,23-24,26-27,29-30,34-35H,10-13,15-18H2,1-5H3/b7-6+,20-9-,25-8+/t19-,21-,23+,24+,26+,27-,29+,30+,31-,32+/m0/s1. The summed E-state index contributed by atoms with van der Waals surface area (Å²) < 4.78 is 19.2. The van der Waals surface area contributed by atoms with Gasteiger partial charge in [-0.1, -0.05) is 49.8 Å². The highest BCUT2D eigenvalue weighted by Crippen LogP contribution is 2.48. The van der Waals surface area contributed by atoms with E-state index in [-0.39, 0.29) is 30.5 Å². The molecule has 6 nitrogen and oxygen atoms in total. The van der Waals surface area contributed by atoms with Gasteiger partial charge in [-0.3, -0.25) is 4.79 Å². The fourth-order valence-electron chi connectivity index (χ4n) is 7.35. The third-order valence-electron chi connectivity index (χ3n) is 9.73. The van der Waals surface area contributed by atoms with Crippen molar-refractivity contribution < 1.29 is 29.2 Å². The van der Waals surface area contributed by atoms with Gasteiger partial charge < -0.3 is 24.4 Å². The molecule has 3 heterocycles. The molecule has 1 spiro atoms. The highest BCUT2D eigenvalue weighted by Gasteiger charge is 2.59. The van der Waals surface area contributed by atoms with E-state index in [0.717, 1.165) is 32.1 Å². The molecule has 3 saturated heterocycles. The second kappa shape index (κ2) is 10.8. The number of carbonyl (C=O) groups is 1. The Hall–Kier alpha value is -1.57. The number of fused-ring (bicyclic) bond motifs is 2. The third-order valence-corrected chi connectivity index (χ3v) is 9.73. The summed E-state index contributed by atoms with van der Waals surface area (Å²) in [6.45, 7) is 10.7. The molecule has 2 bridgehead atoms. The maximum atomic E-state index is 14.0. The summed E-state index contributed by atoms with van der Waals surface area (Å²) >= 11 is 0. The molecular formula is C32H46O6. The minimum absolute atomic E-state index is 0.00524. The molecule has 5 aliphatic rings. The molecule has 6 heteroatoms. The Balaban J connectivity index is 1.51. The van der Waals surface area contributed by atoms with Crippen LogP contribution in [0.5, 0.6) is 0 Å². The van der Waals surface area contributed by atoms with Gasteiger partial charge in [-0.05, 0) is 75.4 Å². The molecule has 0 radical (unpaired) electrons. The zero-order chi connectivity index (χ0) is 27.2. The topological polar surface area (TPSA) is 85.2 Å². The third kappa shape index (κ3) is 5.27.